The van der Waals surface area contributed by atoms with Gasteiger partial charge in [-0.25, -0.2) is 0 Å². The van der Waals surface area contributed by atoms with Gasteiger partial charge in [0.15, 0.2) is 0 Å². The van der Waals surface area contributed by atoms with Crippen LogP contribution in [0.4, 0.5) is 0 Å². The van der Waals surface area contributed by atoms with E-state index in [1.165, 1.54) is 17.3 Å². The third-order valence-electron chi connectivity index (χ3n) is 2.64. The zero-order valence-electron chi connectivity index (χ0n) is 11.4. The minimum absolute atomic E-state index is 0.222. The molecule has 1 heterocycles. The van der Waals surface area contributed by atoms with E-state index in [-0.39, 0.29) is 5.25 Å². The van der Waals surface area contributed by atoms with Crippen molar-refractivity contribution in [3.8, 4) is 6.07 Å². The van der Waals surface area contributed by atoms with Crippen molar-refractivity contribution in [2.75, 3.05) is 6.26 Å². The molecule has 20 heavy (non-hydrogen) atoms. The fourth-order valence-electron chi connectivity index (χ4n) is 1.64. The number of rotatable bonds is 6. The first-order valence-electron chi connectivity index (χ1n) is 6.14. The molecule has 0 aliphatic rings. The van der Waals surface area contributed by atoms with Crippen molar-refractivity contribution in [3.63, 3.8) is 0 Å². The van der Waals surface area contributed by atoms with Gasteiger partial charge in [0, 0.05) is 0 Å². The van der Waals surface area contributed by atoms with Crippen molar-refractivity contribution in [1.82, 2.24) is 10.2 Å². The summed E-state index contributed by atoms with van der Waals surface area (Å²) in [6.45, 7) is 2.05. The van der Waals surface area contributed by atoms with E-state index in [2.05, 4.69) is 28.4 Å². The Morgan fingerprint density at radius 1 is 1.30 bits per heavy atom. The van der Waals surface area contributed by atoms with Crippen LogP contribution in [0.5, 0.6) is 0 Å². The number of thioether (sulfide) groups is 2. The van der Waals surface area contributed by atoms with Gasteiger partial charge in [-0.3, -0.25) is 0 Å². The highest BCUT2D eigenvalue weighted by Gasteiger charge is 2.15. The minimum Gasteiger partial charge on any atom is -0.415 e. The van der Waals surface area contributed by atoms with Crippen LogP contribution in [-0.2, 0) is 12.2 Å². The molecule has 0 N–H and O–H groups in total. The Morgan fingerprint density at radius 3 is 2.70 bits per heavy atom. The molecule has 2 rings (SSSR count). The molecule has 0 radical (unpaired) electrons. The summed E-state index contributed by atoms with van der Waals surface area (Å²) in [4.78, 5) is 0. The Hall–Kier alpha value is -1.45. The van der Waals surface area contributed by atoms with Crippen molar-refractivity contribution < 1.29 is 4.42 Å². The summed E-state index contributed by atoms with van der Waals surface area (Å²) >= 11 is 2.95. The Labute approximate surface area is 127 Å². The topological polar surface area (TPSA) is 62.7 Å². The molecule has 0 aliphatic carbocycles. The molecule has 1 aromatic heterocycles. The summed E-state index contributed by atoms with van der Waals surface area (Å²) in [6, 6.07) is 10.5. The predicted octanol–water partition coefficient (Wildman–Crippen LogP) is 3.47. The lowest BCUT2D eigenvalue weighted by molar-refractivity contribution is 0.426. The number of hydrogen-bond donors (Lipinski definition) is 0. The van der Waals surface area contributed by atoms with E-state index in [1.807, 2.05) is 25.3 Å². The van der Waals surface area contributed by atoms with Crippen LogP contribution >= 0.6 is 23.5 Å². The standard InChI is InChI=1S/C14H15N3OS2/c1-10-3-5-11(6-4-10)7-12(8-15)20-14-17-16-13(18-14)9-19-2/h3-6,12H,7,9H2,1-2H3/t12-/m1/s1. The lowest BCUT2D eigenvalue weighted by Gasteiger charge is -2.06. The summed E-state index contributed by atoms with van der Waals surface area (Å²) in [5.41, 5.74) is 2.35. The van der Waals surface area contributed by atoms with Gasteiger partial charge in [-0.15, -0.1) is 10.2 Å². The highest BCUT2D eigenvalue weighted by Crippen LogP contribution is 2.25. The monoisotopic (exact) mass is 305 g/mol. The fraction of sp³-hybridized carbons (Fsp3) is 0.357. The fourth-order valence-corrected chi connectivity index (χ4v) is 2.81. The van der Waals surface area contributed by atoms with Crippen LogP contribution in [0, 0.1) is 18.3 Å². The van der Waals surface area contributed by atoms with Crippen molar-refractivity contribution >= 4 is 23.5 Å². The number of aryl methyl sites for hydroxylation is 1. The molecule has 0 amide bonds. The zero-order chi connectivity index (χ0) is 14.4. The molecule has 0 fully saturated rings. The lowest BCUT2D eigenvalue weighted by atomic mass is 10.1. The van der Waals surface area contributed by atoms with Crippen molar-refractivity contribution in [2.45, 2.75) is 29.6 Å². The lowest BCUT2D eigenvalue weighted by Crippen LogP contribution is -2.03. The van der Waals surface area contributed by atoms with Crippen molar-refractivity contribution in [3.05, 3.63) is 41.3 Å². The van der Waals surface area contributed by atoms with Crippen LogP contribution in [0.1, 0.15) is 17.0 Å². The van der Waals surface area contributed by atoms with Crippen molar-refractivity contribution in [2.24, 2.45) is 0 Å². The van der Waals surface area contributed by atoms with E-state index in [0.29, 0.717) is 23.3 Å². The van der Waals surface area contributed by atoms with Gasteiger partial charge in [0.2, 0.25) is 5.89 Å². The average Bonchev–Trinajstić information content (AvgIpc) is 2.88. The van der Waals surface area contributed by atoms with Gasteiger partial charge < -0.3 is 4.42 Å². The SMILES string of the molecule is CSCc1nnc(S[C@@H](C#N)Cc2ccc(C)cc2)o1. The second-order valence-corrected chi connectivity index (χ2v) is 6.34. The molecule has 0 saturated carbocycles. The second-order valence-electron chi connectivity index (χ2n) is 4.32. The number of aromatic nitrogens is 2. The number of hydrogen-bond acceptors (Lipinski definition) is 6. The summed E-state index contributed by atoms with van der Waals surface area (Å²) in [6.07, 6.45) is 2.65. The first-order chi connectivity index (χ1) is 9.71. The first-order valence-corrected chi connectivity index (χ1v) is 8.41. The molecule has 4 nitrogen and oxygen atoms in total. The molecule has 1 aromatic carbocycles. The molecule has 0 spiro atoms. The Balaban J connectivity index is 1.98. The van der Waals surface area contributed by atoms with E-state index in [9.17, 15) is 5.26 Å². The van der Waals surface area contributed by atoms with Crippen LogP contribution in [0.2, 0.25) is 0 Å². The molecule has 6 heteroatoms. The van der Waals surface area contributed by atoms with Crippen LogP contribution < -0.4 is 0 Å². The third kappa shape index (κ3) is 4.29. The van der Waals surface area contributed by atoms with Gasteiger partial charge in [-0.05, 0) is 36.9 Å². The molecular formula is C14H15N3OS2. The molecule has 2 aromatic rings. The summed E-state index contributed by atoms with van der Waals surface area (Å²) in [7, 11) is 0. The normalized spacial score (nSPS) is 12.1. The van der Waals surface area contributed by atoms with Crippen LogP contribution in [0.15, 0.2) is 33.9 Å². The maximum Gasteiger partial charge on any atom is 0.277 e. The van der Waals surface area contributed by atoms with Crippen LogP contribution in [0.3, 0.4) is 0 Å². The molecule has 0 unspecified atom stereocenters. The first kappa shape index (κ1) is 14.9. The van der Waals surface area contributed by atoms with Gasteiger partial charge in [-0.2, -0.15) is 17.0 Å². The molecular weight excluding hydrogens is 290 g/mol. The van der Waals surface area contributed by atoms with E-state index in [0.717, 1.165) is 5.56 Å². The highest BCUT2D eigenvalue weighted by molar-refractivity contribution is 8.00. The summed E-state index contributed by atoms with van der Waals surface area (Å²) < 4.78 is 5.48. The van der Waals surface area contributed by atoms with Crippen LogP contribution in [0.25, 0.3) is 0 Å². The maximum atomic E-state index is 9.25. The van der Waals surface area contributed by atoms with Gasteiger partial charge >= 0.3 is 0 Å². The minimum atomic E-state index is -0.222. The Bertz CT molecular complexity index is 589. The molecule has 1 atom stereocenters. The van der Waals surface area contributed by atoms with Crippen LogP contribution in [-0.4, -0.2) is 21.7 Å². The van der Waals surface area contributed by atoms with E-state index >= 15 is 0 Å². The molecule has 104 valence electrons. The molecule has 0 bridgehead atoms. The predicted molar refractivity (Wildman–Crippen MR) is 81.7 cm³/mol. The largest absolute Gasteiger partial charge is 0.415 e. The summed E-state index contributed by atoms with van der Waals surface area (Å²) in [5, 5.41) is 17.4. The van der Waals surface area contributed by atoms with Gasteiger partial charge in [-0.1, -0.05) is 29.8 Å². The van der Waals surface area contributed by atoms with E-state index < -0.39 is 0 Å². The highest BCUT2D eigenvalue weighted by atomic mass is 32.2. The quantitative estimate of drug-likeness (QED) is 0.762. The van der Waals surface area contributed by atoms with E-state index in [1.54, 1.807) is 11.8 Å². The van der Waals surface area contributed by atoms with E-state index in [4.69, 9.17) is 4.42 Å². The zero-order valence-corrected chi connectivity index (χ0v) is 13.0. The van der Waals surface area contributed by atoms with Gasteiger partial charge in [0.25, 0.3) is 5.22 Å². The smallest absolute Gasteiger partial charge is 0.277 e. The third-order valence-corrected chi connectivity index (χ3v) is 4.10. The number of nitriles is 1. The van der Waals surface area contributed by atoms with Crippen molar-refractivity contribution in [1.29, 1.82) is 5.26 Å². The number of benzene rings is 1. The Kier molecular flexibility index (Phi) is 5.50. The van der Waals surface area contributed by atoms with Gasteiger partial charge in [0.1, 0.15) is 5.25 Å². The molecule has 0 saturated heterocycles. The second kappa shape index (κ2) is 7.36. The maximum absolute atomic E-state index is 9.25. The Morgan fingerprint density at radius 2 is 2.05 bits per heavy atom. The summed E-state index contributed by atoms with van der Waals surface area (Å²) in [5.74, 6) is 1.30. The number of nitrogens with zero attached hydrogens (tertiary/aromatic N) is 3. The average molecular weight is 305 g/mol. The van der Waals surface area contributed by atoms with Gasteiger partial charge in [0.05, 0.1) is 11.8 Å². The molecule has 0 aliphatic heterocycles.